The van der Waals surface area contributed by atoms with Crippen LogP contribution in [-0.2, 0) is 19.9 Å². The van der Waals surface area contributed by atoms with Crippen LogP contribution in [0, 0.1) is 6.92 Å². The number of rotatable bonds is 5. The minimum atomic E-state index is -3.79. The van der Waals surface area contributed by atoms with E-state index in [4.69, 9.17) is 11.6 Å². The highest BCUT2D eigenvalue weighted by molar-refractivity contribution is 7.92. The van der Waals surface area contributed by atoms with Gasteiger partial charge in [0.1, 0.15) is 0 Å². The summed E-state index contributed by atoms with van der Waals surface area (Å²) in [6.07, 6.45) is 0. The minimum absolute atomic E-state index is 0.0139. The molecule has 0 heterocycles. The molecule has 0 saturated heterocycles. The summed E-state index contributed by atoms with van der Waals surface area (Å²) in [4.78, 5) is 0.194. The SMILES string of the molecule is CCS(=O)(=O)c1ccc(NS(=O)(=O)c2ccc(C)c(Cl)c2)cc1. The fourth-order valence-corrected chi connectivity index (χ4v) is 4.07. The molecule has 2 aromatic rings. The number of anilines is 1. The van der Waals surface area contributed by atoms with E-state index in [0.29, 0.717) is 5.02 Å². The predicted octanol–water partition coefficient (Wildman–Crippen LogP) is 3.24. The highest BCUT2D eigenvalue weighted by Crippen LogP contribution is 2.23. The van der Waals surface area contributed by atoms with Crippen LogP contribution in [0.1, 0.15) is 12.5 Å². The lowest BCUT2D eigenvalue weighted by Gasteiger charge is -2.10. The van der Waals surface area contributed by atoms with Crippen LogP contribution in [0.4, 0.5) is 5.69 Å². The highest BCUT2D eigenvalue weighted by Gasteiger charge is 2.16. The van der Waals surface area contributed by atoms with E-state index < -0.39 is 19.9 Å². The van der Waals surface area contributed by atoms with Gasteiger partial charge in [-0.25, -0.2) is 16.8 Å². The maximum atomic E-state index is 12.3. The molecule has 0 radical (unpaired) electrons. The van der Waals surface area contributed by atoms with Crippen LogP contribution in [0.25, 0.3) is 0 Å². The maximum absolute atomic E-state index is 12.3. The van der Waals surface area contributed by atoms with Gasteiger partial charge in [-0.15, -0.1) is 0 Å². The van der Waals surface area contributed by atoms with Crippen LogP contribution in [0.15, 0.2) is 52.3 Å². The number of aryl methyl sites for hydroxylation is 1. The molecule has 2 aromatic carbocycles. The smallest absolute Gasteiger partial charge is 0.261 e. The first-order valence-electron chi connectivity index (χ1n) is 6.77. The van der Waals surface area contributed by atoms with Crippen molar-refractivity contribution in [3.8, 4) is 0 Å². The number of nitrogens with one attached hydrogen (secondary N) is 1. The lowest BCUT2D eigenvalue weighted by atomic mass is 10.2. The summed E-state index contributed by atoms with van der Waals surface area (Å²) in [5.74, 6) is -0.0139. The fourth-order valence-electron chi connectivity index (χ4n) is 1.85. The first kappa shape index (κ1) is 17.8. The number of sulfonamides is 1. The summed E-state index contributed by atoms with van der Waals surface area (Å²) >= 11 is 5.95. The molecule has 0 aliphatic heterocycles. The summed E-state index contributed by atoms with van der Waals surface area (Å²) in [5, 5.41) is 0.359. The topological polar surface area (TPSA) is 80.3 Å². The van der Waals surface area contributed by atoms with Crippen molar-refractivity contribution >= 4 is 37.1 Å². The Morgan fingerprint density at radius 1 is 0.957 bits per heavy atom. The van der Waals surface area contributed by atoms with Crippen molar-refractivity contribution in [2.24, 2.45) is 0 Å². The zero-order valence-corrected chi connectivity index (χ0v) is 15.0. The Hall–Kier alpha value is -1.57. The molecule has 8 heteroatoms. The molecule has 23 heavy (non-hydrogen) atoms. The van der Waals surface area contributed by atoms with E-state index in [0.717, 1.165) is 5.56 Å². The predicted molar refractivity (Wildman–Crippen MR) is 91.2 cm³/mol. The van der Waals surface area contributed by atoms with Crippen LogP contribution in [0.3, 0.4) is 0 Å². The Balaban J connectivity index is 2.29. The average Bonchev–Trinajstić information content (AvgIpc) is 2.50. The van der Waals surface area contributed by atoms with E-state index in [-0.39, 0.29) is 21.2 Å². The van der Waals surface area contributed by atoms with Gasteiger partial charge in [0.2, 0.25) is 0 Å². The van der Waals surface area contributed by atoms with Crippen molar-refractivity contribution in [3.05, 3.63) is 53.1 Å². The van der Waals surface area contributed by atoms with Crippen LogP contribution in [0.2, 0.25) is 5.02 Å². The molecular formula is C15H16ClNO4S2. The summed E-state index contributed by atoms with van der Waals surface area (Å²) in [5.41, 5.74) is 1.05. The van der Waals surface area contributed by atoms with Gasteiger partial charge in [-0.2, -0.15) is 0 Å². The van der Waals surface area contributed by atoms with E-state index in [1.54, 1.807) is 19.9 Å². The Morgan fingerprint density at radius 3 is 2.04 bits per heavy atom. The van der Waals surface area contributed by atoms with Crippen LogP contribution in [0.5, 0.6) is 0 Å². The molecule has 0 saturated carbocycles. The van der Waals surface area contributed by atoms with Crippen molar-refractivity contribution in [1.29, 1.82) is 0 Å². The van der Waals surface area contributed by atoms with Gasteiger partial charge in [0, 0.05) is 10.7 Å². The van der Waals surface area contributed by atoms with Crippen molar-refractivity contribution in [3.63, 3.8) is 0 Å². The zero-order valence-electron chi connectivity index (χ0n) is 12.6. The summed E-state index contributed by atoms with van der Waals surface area (Å²) in [7, 11) is -7.11. The largest absolute Gasteiger partial charge is 0.280 e. The maximum Gasteiger partial charge on any atom is 0.261 e. The molecule has 0 aromatic heterocycles. The van der Waals surface area contributed by atoms with E-state index in [1.165, 1.54) is 36.4 Å². The highest BCUT2D eigenvalue weighted by atomic mass is 35.5. The van der Waals surface area contributed by atoms with Crippen molar-refractivity contribution in [2.45, 2.75) is 23.6 Å². The van der Waals surface area contributed by atoms with Crippen LogP contribution < -0.4 is 4.72 Å². The zero-order chi connectivity index (χ0) is 17.3. The Kier molecular flexibility index (Phi) is 5.03. The molecule has 0 amide bonds. The molecule has 2 rings (SSSR count). The van der Waals surface area contributed by atoms with Gasteiger partial charge in [-0.1, -0.05) is 24.6 Å². The number of sulfone groups is 1. The molecule has 1 N–H and O–H groups in total. The van der Waals surface area contributed by atoms with Crippen molar-refractivity contribution in [1.82, 2.24) is 0 Å². The second kappa shape index (κ2) is 6.51. The fraction of sp³-hybridized carbons (Fsp3) is 0.200. The summed E-state index contributed by atoms with van der Waals surface area (Å²) < 4.78 is 50.5. The third-order valence-corrected chi connectivity index (χ3v) is 6.84. The Morgan fingerprint density at radius 2 is 1.52 bits per heavy atom. The van der Waals surface area contributed by atoms with Gasteiger partial charge in [-0.05, 0) is 48.9 Å². The molecule has 0 bridgehead atoms. The van der Waals surface area contributed by atoms with Gasteiger partial charge >= 0.3 is 0 Å². The van der Waals surface area contributed by atoms with Crippen LogP contribution in [-0.4, -0.2) is 22.6 Å². The molecule has 0 aliphatic carbocycles. The van der Waals surface area contributed by atoms with E-state index >= 15 is 0 Å². The first-order chi connectivity index (χ1) is 10.7. The number of hydrogen-bond acceptors (Lipinski definition) is 4. The lowest BCUT2D eigenvalue weighted by molar-refractivity contribution is 0.597. The molecule has 0 aliphatic rings. The quantitative estimate of drug-likeness (QED) is 0.872. The first-order valence-corrected chi connectivity index (χ1v) is 10.3. The number of halogens is 1. The Bertz CT molecular complexity index is 920. The van der Waals surface area contributed by atoms with Gasteiger partial charge in [0.05, 0.1) is 15.5 Å². The van der Waals surface area contributed by atoms with Gasteiger partial charge in [-0.3, -0.25) is 4.72 Å². The second-order valence-corrected chi connectivity index (χ2v) is 9.31. The number of benzene rings is 2. The third-order valence-electron chi connectivity index (χ3n) is 3.30. The number of hydrogen-bond donors (Lipinski definition) is 1. The van der Waals surface area contributed by atoms with Crippen LogP contribution >= 0.6 is 11.6 Å². The standard InChI is InChI=1S/C15H16ClNO4S2/c1-3-22(18,19)13-8-5-12(6-9-13)17-23(20,21)14-7-4-11(2)15(16)10-14/h4-10,17H,3H2,1-2H3. The molecule has 0 fully saturated rings. The van der Waals surface area contributed by atoms with Gasteiger partial charge in [0.15, 0.2) is 9.84 Å². The van der Waals surface area contributed by atoms with Crippen molar-refractivity contribution < 1.29 is 16.8 Å². The molecule has 0 spiro atoms. The molecule has 124 valence electrons. The van der Waals surface area contributed by atoms with E-state index in [2.05, 4.69) is 4.72 Å². The molecular weight excluding hydrogens is 358 g/mol. The van der Waals surface area contributed by atoms with Crippen molar-refractivity contribution in [2.75, 3.05) is 10.5 Å². The average molecular weight is 374 g/mol. The summed E-state index contributed by atoms with van der Waals surface area (Å²) in [6.45, 7) is 3.33. The second-order valence-electron chi connectivity index (χ2n) is 4.94. The van der Waals surface area contributed by atoms with Gasteiger partial charge in [0.25, 0.3) is 10.0 Å². The summed E-state index contributed by atoms with van der Waals surface area (Å²) in [6, 6.07) is 10.0. The lowest BCUT2D eigenvalue weighted by Crippen LogP contribution is -2.13. The molecule has 5 nitrogen and oxygen atoms in total. The van der Waals surface area contributed by atoms with E-state index in [1.807, 2.05) is 0 Å². The minimum Gasteiger partial charge on any atom is -0.280 e. The van der Waals surface area contributed by atoms with Gasteiger partial charge < -0.3 is 0 Å². The molecule has 0 unspecified atom stereocenters. The Labute approximate surface area is 141 Å². The van der Waals surface area contributed by atoms with E-state index in [9.17, 15) is 16.8 Å². The monoisotopic (exact) mass is 373 g/mol. The molecule has 0 atom stereocenters. The third kappa shape index (κ3) is 4.04. The normalized spacial score (nSPS) is 12.1.